The van der Waals surface area contributed by atoms with Crippen molar-refractivity contribution in [2.24, 2.45) is 0 Å². The molecule has 0 unspecified atom stereocenters. The number of anilines is 1. The largest absolute Gasteiger partial charge is 0.454 e. The number of benzene rings is 2. The molecule has 31 heavy (non-hydrogen) atoms. The van der Waals surface area contributed by atoms with E-state index in [1.165, 1.54) is 0 Å². The Hall–Kier alpha value is -3.10. The lowest BCUT2D eigenvalue weighted by molar-refractivity contribution is -0.136. The van der Waals surface area contributed by atoms with Crippen molar-refractivity contribution in [3.63, 3.8) is 0 Å². The highest BCUT2D eigenvalue weighted by Crippen LogP contribution is 2.35. The van der Waals surface area contributed by atoms with E-state index in [4.69, 9.17) is 9.47 Å². The minimum Gasteiger partial charge on any atom is -0.454 e. The third-order valence-corrected chi connectivity index (χ3v) is 5.73. The maximum absolute atomic E-state index is 12.5. The number of hydrogen-bond donors (Lipinski definition) is 2. The summed E-state index contributed by atoms with van der Waals surface area (Å²) >= 11 is 0. The zero-order valence-electron chi connectivity index (χ0n) is 17.9. The third kappa shape index (κ3) is 5.15. The molecule has 1 atom stereocenters. The van der Waals surface area contributed by atoms with E-state index in [9.17, 15) is 9.59 Å². The molecule has 0 aliphatic carbocycles. The van der Waals surface area contributed by atoms with Gasteiger partial charge in [0.1, 0.15) is 0 Å². The highest BCUT2D eigenvalue weighted by Gasteiger charge is 2.27. The Balaban J connectivity index is 1.43. The number of amides is 2. The fraction of sp³-hybridized carbons (Fsp3) is 0.391. The van der Waals surface area contributed by atoms with Crippen LogP contribution in [0.2, 0.25) is 0 Å². The Labute approximate surface area is 182 Å². The average molecular weight is 425 g/mol. The number of ether oxygens (including phenoxy) is 2. The highest BCUT2D eigenvalue weighted by molar-refractivity contribution is 6.39. The smallest absolute Gasteiger partial charge is 0.313 e. The van der Waals surface area contributed by atoms with E-state index >= 15 is 0 Å². The van der Waals surface area contributed by atoms with Crippen molar-refractivity contribution in [3.8, 4) is 11.5 Å². The number of carbonyl (C=O) groups is 2. The maximum Gasteiger partial charge on any atom is 0.313 e. The van der Waals surface area contributed by atoms with Crippen LogP contribution in [0.1, 0.15) is 17.2 Å². The van der Waals surface area contributed by atoms with Crippen LogP contribution in [0.3, 0.4) is 0 Å². The number of likely N-dealkylation sites (N-methyl/N-ethyl adjacent to an activating group) is 1. The second-order valence-electron chi connectivity index (χ2n) is 8.00. The molecule has 2 aliphatic rings. The number of hydrogen-bond acceptors (Lipinski definition) is 6. The minimum atomic E-state index is -0.674. The minimum absolute atomic E-state index is 0.0701. The van der Waals surface area contributed by atoms with Gasteiger partial charge in [-0.15, -0.1) is 0 Å². The molecule has 8 heteroatoms. The summed E-state index contributed by atoms with van der Waals surface area (Å²) < 4.78 is 11.0. The third-order valence-electron chi connectivity index (χ3n) is 5.73. The van der Waals surface area contributed by atoms with E-state index in [-0.39, 0.29) is 12.8 Å². The van der Waals surface area contributed by atoms with E-state index in [0.717, 1.165) is 43.1 Å². The fourth-order valence-corrected chi connectivity index (χ4v) is 3.81. The van der Waals surface area contributed by atoms with Crippen molar-refractivity contribution in [2.75, 3.05) is 51.9 Å². The van der Waals surface area contributed by atoms with Gasteiger partial charge in [-0.25, -0.2) is 0 Å². The number of carbonyl (C=O) groups excluding carboxylic acids is 2. The summed E-state index contributed by atoms with van der Waals surface area (Å²) in [6.07, 6.45) is 0. The Kier molecular flexibility index (Phi) is 6.39. The highest BCUT2D eigenvalue weighted by atomic mass is 16.7. The molecule has 0 spiro atoms. The molecule has 0 bridgehead atoms. The summed E-state index contributed by atoms with van der Waals surface area (Å²) in [6, 6.07) is 13.1. The molecule has 0 saturated carbocycles. The monoisotopic (exact) mass is 424 g/mol. The Bertz CT molecular complexity index is 939. The van der Waals surface area contributed by atoms with Crippen molar-refractivity contribution in [1.29, 1.82) is 0 Å². The number of piperazine rings is 1. The van der Waals surface area contributed by atoms with Gasteiger partial charge in [0.05, 0.1) is 6.04 Å². The molecule has 1 saturated heterocycles. The van der Waals surface area contributed by atoms with Crippen LogP contribution in [0, 0.1) is 6.92 Å². The van der Waals surface area contributed by atoms with Crippen LogP contribution >= 0.6 is 0 Å². The van der Waals surface area contributed by atoms with Crippen LogP contribution in [-0.2, 0) is 9.59 Å². The summed E-state index contributed by atoms with van der Waals surface area (Å²) in [5, 5.41) is 5.45. The van der Waals surface area contributed by atoms with Crippen LogP contribution in [0.5, 0.6) is 11.5 Å². The lowest BCUT2D eigenvalue weighted by atomic mass is 10.0. The first-order valence-electron chi connectivity index (χ1n) is 10.5. The van der Waals surface area contributed by atoms with Crippen LogP contribution in [0.25, 0.3) is 0 Å². The van der Waals surface area contributed by atoms with E-state index in [2.05, 4.69) is 27.5 Å². The van der Waals surface area contributed by atoms with Gasteiger partial charge in [0.2, 0.25) is 6.79 Å². The van der Waals surface area contributed by atoms with Crippen LogP contribution in [0.4, 0.5) is 5.69 Å². The fourth-order valence-electron chi connectivity index (χ4n) is 3.81. The first-order chi connectivity index (χ1) is 15.0. The molecule has 0 aromatic heterocycles. The summed E-state index contributed by atoms with van der Waals surface area (Å²) in [7, 11) is 2.10. The van der Waals surface area contributed by atoms with Gasteiger partial charge in [-0.3, -0.25) is 14.5 Å². The molecule has 164 valence electrons. The molecule has 2 heterocycles. The number of nitrogens with one attached hydrogen (secondary N) is 2. The molecular formula is C23H28N4O4. The summed E-state index contributed by atoms with van der Waals surface area (Å²) in [5.41, 5.74) is 2.70. The van der Waals surface area contributed by atoms with Crippen molar-refractivity contribution < 1.29 is 19.1 Å². The number of nitrogens with zero attached hydrogens (tertiary/aromatic N) is 2. The van der Waals surface area contributed by atoms with Crippen LogP contribution in [0.15, 0.2) is 42.5 Å². The number of aryl methyl sites for hydroxylation is 1. The molecule has 2 N–H and O–H groups in total. The van der Waals surface area contributed by atoms with E-state index in [0.29, 0.717) is 18.0 Å². The van der Waals surface area contributed by atoms with E-state index in [1.54, 1.807) is 12.1 Å². The topological polar surface area (TPSA) is 83.1 Å². The van der Waals surface area contributed by atoms with E-state index in [1.807, 2.05) is 37.3 Å². The van der Waals surface area contributed by atoms with E-state index < -0.39 is 11.8 Å². The van der Waals surface area contributed by atoms with Gasteiger partial charge in [0, 0.05) is 38.4 Å². The lowest BCUT2D eigenvalue weighted by Crippen LogP contribution is -2.49. The zero-order chi connectivity index (χ0) is 21.8. The normalized spacial score (nSPS) is 17.2. The first-order valence-corrected chi connectivity index (χ1v) is 10.5. The van der Waals surface area contributed by atoms with Crippen LogP contribution < -0.4 is 20.1 Å². The van der Waals surface area contributed by atoms with Gasteiger partial charge in [-0.1, -0.05) is 23.8 Å². The summed E-state index contributed by atoms with van der Waals surface area (Å²) in [5.74, 6) is 0.106. The van der Waals surface area contributed by atoms with Crippen LogP contribution in [-0.4, -0.2) is 68.2 Å². The van der Waals surface area contributed by atoms with Gasteiger partial charge >= 0.3 is 11.8 Å². The molecule has 0 radical (unpaired) electrons. The zero-order valence-corrected chi connectivity index (χ0v) is 17.9. The summed E-state index contributed by atoms with van der Waals surface area (Å²) in [6.45, 7) is 6.15. The number of rotatable bonds is 5. The number of fused-ring (bicyclic) bond motifs is 1. The first kappa shape index (κ1) is 21.1. The molecule has 2 aliphatic heterocycles. The maximum atomic E-state index is 12.5. The molecule has 4 rings (SSSR count). The van der Waals surface area contributed by atoms with Crippen molar-refractivity contribution in [2.45, 2.75) is 13.0 Å². The SMILES string of the molecule is Cc1ccc(NC(=O)C(=O)NC[C@@H](c2ccc3c(c2)OCO3)N2CCN(C)CC2)cc1. The second-order valence-corrected chi connectivity index (χ2v) is 8.00. The molecule has 2 aromatic carbocycles. The Morgan fingerprint density at radius 1 is 0.968 bits per heavy atom. The Morgan fingerprint density at radius 2 is 1.68 bits per heavy atom. The average Bonchev–Trinajstić information content (AvgIpc) is 3.24. The quantitative estimate of drug-likeness (QED) is 0.712. The Morgan fingerprint density at radius 3 is 2.42 bits per heavy atom. The second kappa shape index (κ2) is 9.36. The van der Waals surface area contributed by atoms with Gasteiger partial charge < -0.3 is 25.0 Å². The van der Waals surface area contributed by atoms with Gasteiger partial charge in [-0.05, 0) is 43.8 Å². The van der Waals surface area contributed by atoms with Gasteiger partial charge in [-0.2, -0.15) is 0 Å². The molecule has 8 nitrogen and oxygen atoms in total. The van der Waals surface area contributed by atoms with Crippen molar-refractivity contribution in [1.82, 2.24) is 15.1 Å². The van der Waals surface area contributed by atoms with Gasteiger partial charge in [0.15, 0.2) is 11.5 Å². The molecule has 2 aromatic rings. The molecule has 2 amide bonds. The predicted octanol–water partition coefficient (Wildman–Crippen LogP) is 1.77. The van der Waals surface area contributed by atoms with Crippen molar-refractivity contribution in [3.05, 3.63) is 53.6 Å². The molecular weight excluding hydrogens is 396 g/mol. The van der Waals surface area contributed by atoms with Crippen molar-refractivity contribution >= 4 is 17.5 Å². The lowest BCUT2D eigenvalue weighted by Gasteiger charge is -2.38. The molecule has 1 fully saturated rings. The van der Waals surface area contributed by atoms with Gasteiger partial charge in [0.25, 0.3) is 0 Å². The predicted molar refractivity (Wildman–Crippen MR) is 117 cm³/mol. The summed E-state index contributed by atoms with van der Waals surface area (Å²) in [4.78, 5) is 29.4. The standard InChI is InChI=1S/C23H28N4O4/c1-16-3-6-18(7-4-16)25-23(29)22(28)24-14-19(27-11-9-26(2)10-12-27)17-5-8-20-21(13-17)31-15-30-20/h3-8,13,19H,9-12,14-15H2,1-2H3,(H,24,28)(H,25,29)/t19-/m0/s1.